The molecule has 2 amide bonds. The first kappa shape index (κ1) is 15.1. The van der Waals surface area contributed by atoms with Gasteiger partial charge in [0.05, 0.1) is 5.92 Å². The van der Waals surface area contributed by atoms with Gasteiger partial charge in [0.2, 0.25) is 0 Å². The van der Waals surface area contributed by atoms with Crippen molar-refractivity contribution in [2.45, 2.75) is 76.3 Å². The molecule has 20 heavy (non-hydrogen) atoms. The number of carbonyl (C=O) groups excluding carboxylic acids is 1. The van der Waals surface area contributed by atoms with E-state index in [-0.39, 0.29) is 17.6 Å². The Morgan fingerprint density at radius 2 is 1.70 bits per heavy atom. The van der Waals surface area contributed by atoms with Crippen LogP contribution in [0.4, 0.5) is 4.79 Å². The summed E-state index contributed by atoms with van der Waals surface area (Å²) in [6, 6.07) is -0.430. The predicted molar refractivity (Wildman–Crippen MR) is 76.5 cm³/mol. The summed E-state index contributed by atoms with van der Waals surface area (Å²) in [5.41, 5.74) is -0.129. The van der Waals surface area contributed by atoms with E-state index in [9.17, 15) is 14.7 Å². The average molecular weight is 282 g/mol. The number of urea groups is 1. The Bertz CT molecular complexity index is 364. The van der Waals surface area contributed by atoms with Crippen LogP contribution in [0.15, 0.2) is 0 Å². The van der Waals surface area contributed by atoms with E-state index < -0.39 is 11.9 Å². The van der Waals surface area contributed by atoms with Gasteiger partial charge in [0.1, 0.15) is 0 Å². The van der Waals surface area contributed by atoms with Crippen LogP contribution in [0.3, 0.4) is 0 Å². The minimum atomic E-state index is -0.793. The molecule has 3 N–H and O–H groups in total. The first-order valence-corrected chi connectivity index (χ1v) is 7.82. The number of carbonyl (C=O) groups is 2. The van der Waals surface area contributed by atoms with Gasteiger partial charge in [-0.3, -0.25) is 4.79 Å². The minimum Gasteiger partial charge on any atom is -0.481 e. The molecule has 2 fully saturated rings. The first-order chi connectivity index (χ1) is 9.50. The highest BCUT2D eigenvalue weighted by Gasteiger charge is 2.34. The van der Waals surface area contributed by atoms with Crippen molar-refractivity contribution in [1.29, 1.82) is 0 Å². The van der Waals surface area contributed by atoms with Gasteiger partial charge in [0.15, 0.2) is 0 Å². The lowest BCUT2D eigenvalue weighted by Crippen LogP contribution is -2.55. The van der Waals surface area contributed by atoms with Gasteiger partial charge in [-0.15, -0.1) is 0 Å². The molecule has 0 spiro atoms. The fourth-order valence-corrected chi connectivity index (χ4v) is 3.53. The number of hydrogen-bond acceptors (Lipinski definition) is 2. The Morgan fingerprint density at radius 1 is 1.05 bits per heavy atom. The van der Waals surface area contributed by atoms with E-state index in [2.05, 4.69) is 17.6 Å². The van der Waals surface area contributed by atoms with Crippen molar-refractivity contribution in [3.05, 3.63) is 0 Å². The van der Waals surface area contributed by atoms with E-state index in [1.54, 1.807) is 0 Å². The van der Waals surface area contributed by atoms with Gasteiger partial charge in [-0.2, -0.15) is 0 Å². The van der Waals surface area contributed by atoms with Gasteiger partial charge in [-0.05, 0) is 32.6 Å². The molecule has 0 aromatic rings. The zero-order valence-corrected chi connectivity index (χ0v) is 12.3. The molecular formula is C15H26N2O3. The maximum atomic E-state index is 12.1. The van der Waals surface area contributed by atoms with Crippen LogP contribution in [-0.2, 0) is 4.79 Å². The third-order valence-corrected chi connectivity index (χ3v) is 4.77. The molecule has 0 aliphatic heterocycles. The zero-order chi connectivity index (χ0) is 14.6. The monoisotopic (exact) mass is 282 g/mol. The second-order valence-electron chi connectivity index (χ2n) is 6.56. The summed E-state index contributed by atoms with van der Waals surface area (Å²) < 4.78 is 0. The van der Waals surface area contributed by atoms with Crippen LogP contribution in [0.5, 0.6) is 0 Å². The van der Waals surface area contributed by atoms with Crippen LogP contribution < -0.4 is 10.6 Å². The van der Waals surface area contributed by atoms with Gasteiger partial charge in [0, 0.05) is 11.6 Å². The molecule has 0 heterocycles. The number of carboxylic acid groups (broad SMARTS) is 1. The van der Waals surface area contributed by atoms with Gasteiger partial charge < -0.3 is 15.7 Å². The molecule has 0 bridgehead atoms. The molecule has 2 rings (SSSR count). The third kappa shape index (κ3) is 3.87. The Morgan fingerprint density at radius 3 is 2.35 bits per heavy atom. The Labute approximate surface area is 120 Å². The summed E-state index contributed by atoms with van der Waals surface area (Å²) in [6.07, 6.45) is 8.92. The summed E-state index contributed by atoms with van der Waals surface area (Å²) >= 11 is 0. The quantitative estimate of drug-likeness (QED) is 0.744. The molecule has 2 atom stereocenters. The van der Waals surface area contributed by atoms with Gasteiger partial charge in [-0.25, -0.2) is 4.79 Å². The highest BCUT2D eigenvalue weighted by Crippen LogP contribution is 2.28. The van der Waals surface area contributed by atoms with Crippen LogP contribution in [-0.4, -0.2) is 28.7 Å². The number of aliphatic carboxylic acids is 1. The summed E-state index contributed by atoms with van der Waals surface area (Å²) in [5, 5.41) is 15.2. The normalized spacial score (nSPS) is 29.4. The number of amides is 2. The first-order valence-electron chi connectivity index (χ1n) is 7.82. The van der Waals surface area contributed by atoms with Crippen LogP contribution in [0.1, 0.15) is 64.7 Å². The van der Waals surface area contributed by atoms with Crippen molar-refractivity contribution < 1.29 is 14.7 Å². The maximum absolute atomic E-state index is 12.1. The van der Waals surface area contributed by atoms with E-state index in [1.165, 1.54) is 6.42 Å². The van der Waals surface area contributed by atoms with Crippen molar-refractivity contribution in [2.75, 3.05) is 0 Å². The second-order valence-corrected chi connectivity index (χ2v) is 6.56. The molecule has 0 aromatic carbocycles. The highest BCUT2D eigenvalue weighted by molar-refractivity contribution is 5.77. The van der Waals surface area contributed by atoms with E-state index >= 15 is 0 Å². The van der Waals surface area contributed by atoms with Gasteiger partial charge in [0.25, 0.3) is 0 Å². The largest absolute Gasteiger partial charge is 0.481 e. The molecule has 2 unspecified atom stereocenters. The number of nitrogens with one attached hydrogen (secondary N) is 2. The molecule has 2 aliphatic carbocycles. The van der Waals surface area contributed by atoms with Gasteiger partial charge in [-0.1, -0.05) is 32.1 Å². The number of carboxylic acids is 1. The van der Waals surface area contributed by atoms with Crippen molar-refractivity contribution in [1.82, 2.24) is 10.6 Å². The minimum absolute atomic E-state index is 0.129. The van der Waals surface area contributed by atoms with Crippen LogP contribution >= 0.6 is 0 Å². The number of hydrogen-bond donors (Lipinski definition) is 3. The third-order valence-electron chi connectivity index (χ3n) is 4.77. The molecule has 2 saturated carbocycles. The summed E-state index contributed by atoms with van der Waals surface area (Å²) in [4.78, 5) is 23.4. The maximum Gasteiger partial charge on any atom is 0.315 e. The zero-order valence-electron chi connectivity index (χ0n) is 12.3. The summed E-state index contributed by atoms with van der Waals surface area (Å²) in [5.74, 6) is -1.23. The number of rotatable bonds is 3. The van der Waals surface area contributed by atoms with E-state index in [4.69, 9.17) is 0 Å². The predicted octanol–water partition coefficient (Wildman–Crippen LogP) is 2.65. The lowest BCUT2D eigenvalue weighted by molar-refractivity contribution is -0.143. The van der Waals surface area contributed by atoms with Gasteiger partial charge >= 0.3 is 12.0 Å². The summed E-state index contributed by atoms with van der Waals surface area (Å²) in [7, 11) is 0. The molecule has 114 valence electrons. The molecule has 5 heteroatoms. The topological polar surface area (TPSA) is 78.4 Å². The van der Waals surface area contributed by atoms with Crippen molar-refractivity contribution >= 4 is 12.0 Å². The summed E-state index contributed by atoms with van der Waals surface area (Å²) in [6.45, 7) is 2.08. The van der Waals surface area contributed by atoms with Crippen molar-refractivity contribution in [3.8, 4) is 0 Å². The fraction of sp³-hybridized carbons (Fsp3) is 0.867. The Kier molecular flexibility index (Phi) is 4.89. The molecule has 2 aliphatic rings. The van der Waals surface area contributed by atoms with E-state index in [0.717, 1.165) is 44.9 Å². The van der Waals surface area contributed by atoms with Crippen molar-refractivity contribution in [3.63, 3.8) is 0 Å². The SMILES string of the molecule is CC1(NC(=O)NC2CCCCC2C(=O)O)CCCCC1. The second kappa shape index (κ2) is 6.46. The lowest BCUT2D eigenvalue weighted by atomic mass is 9.83. The average Bonchev–Trinajstić information content (AvgIpc) is 2.39. The Hall–Kier alpha value is -1.26. The van der Waals surface area contributed by atoms with Crippen LogP contribution in [0, 0.1) is 5.92 Å². The Balaban J connectivity index is 1.87. The molecule has 0 saturated heterocycles. The lowest BCUT2D eigenvalue weighted by Gasteiger charge is -2.36. The van der Waals surface area contributed by atoms with Crippen LogP contribution in [0.2, 0.25) is 0 Å². The highest BCUT2D eigenvalue weighted by atomic mass is 16.4. The molecular weight excluding hydrogens is 256 g/mol. The standard InChI is InChI=1S/C15H26N2O3/c1-15(9-5-2-6-10-15)17-14(20)16-12-8-4-3-7-11(12)13(18)19/h11-12H,2-10H2,1H3,(H,18,19)(H2,16,17,20). The molecule has 0 radical (unpaired) electrons. The fourth-order valence-electron chi connectivity index (χ4n) is 3.53. The molecule has 5 nitrogen and oxygen atoms in total. The van der Waals surface area contributed by atoms with Crippen LogP contribution in [0.25, 0.3) is 0 Å². The van der Waals surface area contributed by atoms with E-state index in [0.29, 0.717) is 6.42 Å². The van der Waals surface area contributed by atoms with E-state index in [1.807, 2.05) is 0 Å². The molecule has 0 aromatic heterocycles. The smallest absolute Gasteiger partial charge is 0.315 e. The van der Waals surface area contributed by atoms with Crippen molar-refractivity contribution in [2.24, 2.45) is 5.92 Å².